The number of esters is 1. The van der Waals surface area contributed by atoms with Crippen molar-refractivity contribution < 1.29 is 18.8 Å². The van der Waals surface area contributed by atoms with Crippen LogP contribution in [0.5, 0.6) is 5.75 Å². The van der Waals surface area contributed by atoms with E-state index in [0.29, 0.717) is 33.2 Å². The number of benzene rings is 2. The predicted molar refractivity (Wildman–Crippen MR) is 117 cm³/mol. The molecule has 0 unspecified atom stereocenters. The predicted octanol–water partition coefficient (Wildman–Crippen LogP) is 4.69. The number of ether oxygens (including phenoxy) is 1. The zero-order valence-corrected chi connectivity index (χ0v) is 17.3. The average molecular weight is 431 g/mol. The Balaban J connectivity index is 1.44. The number of thiophene rings is 1. The van der Waals surface area contributed by atoms with Gasteiger partial charge in [-0.25, -0.2) is 10.2 Å². The van der Waals surface area contributed by atoms with Gasteiger partial charge in [0.2, 0.25) is 0 Å². The van der Waals surface area contributed by atoms with Gasteiger partial charge >= 0.3 is 5.97 Å². The van der Waals surface area contributed by atoms with E-state index in [-0.39, 0.29) is 0 Å². The van der Waals surface area contributed by atoms with Crippen molar-refractivity contribution in [2.24, 2.45) is 5.10 Å². The Hall–Kier alpha value is -4.04. The van der Waals surface area contributed by atoms with Crippen molar-refractivity contribution in [2.75, 3.05) is 0 Å². The number of rotatable bonds is 6. The molecule has 31 heavy (non-hydrogen) atoms. The van der Waals surface area contributed by atoms with Crippen LogP contribution in [0.4, 0.5) is 0 Å². The minimum absolute atomic E-state index is 0.321. The Kier molecular flexibility index (Phi) is 6.00. The van der Waals surface area contributed by atoms with Crippen molar-refractivity contribution in [3.8, 4) is 17.0 Å². The number of aromatic nitrogens is 1. The molecular weight excluding hydrogens is 414 g/mol. The molecule has 2 aromatic heterocycles. The van der Waals surface area contributed by atoms with E-state index in [4.69, 9.17) is 9.26 Å². The van der Waals surface area contributed by atoms with E-state index in [1.807, 2.05) is 35.7 Å². The second kappa shape index (κ2) is 9.19. The normalized spacial score (nSPS) is 10.9. The van der Waals surface area contributed by atoms with Gasteiger partial charge in [0, 0.05) is 5.56 Å². The van der Waals surface area contributed by atoms with Crippen LogP contribution in [-0.2, 0) is 0 Å². The fourth-order valence-electron chi connectivity index (χ4n) is 2.86. The number of aryl methyl sites for hydroxylation is 1. The van der Waals surface area contributed by atoms with Gasteiger partial charge in [-0.05, 0) is 36.1 Å². The van der Waals surface area contributed by atoms with Crippen LogP contribution >= 0.6 is 11.3 Å². The first-order valence-electron chi connectivity index (χ1n) is 9.32. The van der Waals surface area contributed by atoms with Crippen LogP contribution < -0.4 is 10.2 Å². The van der Waals surface area contributed by atoms with Gasteiger partial charge in [-0.15, -0.1) is 11.3 Å². The molecule has 0 saturated heterocycles. The lowest BCUT2D eigenvalue weighted by atomic mass is 10.1. The summed E-state index contributed by atoms with van der Waals surface area (Å²) in [5, 5.41) is 9.82. The number of carbonyl (C=O) groups is 2. The summed E-state index contributed by atoms with van der Waals surface area (Å²) in [4.78, 5) is 25.3. The smallest absolute Gasteiger partial charge is 0.353 e. The van der Waals surface area contributed by atoms with Gasteiger partial charge in [-0.2, -0.15) is 5.10 Å². The Morgan fingerprint density at radius 3 is 2.71 bits per heavy atom. The summed E-state index contributed by atoms with van der Waals surface area (Å²) in [6.07, 6.45) is 1.46. The van der Waals surface area contributed by atoms with Crippen molar-refractivity contribution in [1.82, 2.24) is 10.6 Å². The zero-order valence-electron chi connectivity index (χ0n) is 16.4. The molecule has 1 N–H and O–H groups in total. The first kappa shape index (κ1) is 20.2. The van der Waals surface area contributed by atoms with Gasteiger partial charge in [-0.3, -0.25) is 4.79 Å². The number of carbonyl (C=O) groups excluding carboxylic acids is 2. The molecule has 0 bridgehead atoms. The summed E-state index contributed by atoms with van der Waals surface area (Å²) in [7, 11) is 0. The molecule has 0 aliphatic carbocycles. The van der Waals surface area contributed by atoms with E-state index < -0.39 is 11.9 Å². The minimum Gasteiger partial charge on any atom is -0.422 e. The van der Waals surface area contributed by atoms with Crippen molar-refractivity contribution in [3.05, 3.63) is 93.9 Å². The summed E-state index contributed by atoms with van der Waals surface area (Å²) < 4.78 is 10.6. The molecule has 0 atom stereocenters. The molecule has 0 spiro atoms. The van der Waals surface area contributed by atoms with E-state index in [0.717, 1.165) is 5.56 Å². The molecule has 0 aliphatic heterocycles. The quantitative estimate of drug-likeness (QED) is 0.207. The third kappa shape index (κ3) is 4.76. The van der Waals surface area contributed by atoms with Crippen LogP contribution in [0.2, 0.25) is 0 Å². The maximum atomic E-state index is 12.7. The van der Waals surface area contributed by atoms with Gasteiger partial charge in [-0.1, -0.05) is 53.7 Å². The van der Waals surface area contributed by atoms with E-state index in [1.54, 1.807) is 43.3 Å². The SMILES string of the molecule is Cc1onc(-c2ccccc2)c1C(=O)N/N=C\c1cccc(OC(=O)c2cccs2)c1. The molecule has 8 heteroatoms. The first-order chi connectivity index (χ1) is 15.1. The molecule has 154 valence electrons. The summed E-state index contributed by atoms with van der Waals surface area (Å²) >= 11 is 1.31. The maximum absolute atomic E-state index is 12.7. The molecule has 0 saturated carbocycles. The van der Waals surface area contributed by atoms with Crippen molar-refractivity contribution >= 4 is 29.4 Å². The second-order valence-corrected chi connectivity index (χ2v) is 7.41. The highest BCUT2D eigenvalue weighted by Crippen LogP contribution is 2.25. The number of nitrogens with one attached hydrogen (secondary N) is 1. The lowest BCUT2D eigenvalue weighted by Crippen LogP contribution is -2.18. The van der Waals surface area contributed by atoms with Gasteiger partial charge in [0.15, 0.2) is 0 Å². The molecule has 7 nitrogen and oxygen atoms in total. The Morgan fingerprint density at radius 2 is 1.94 bits per heavy atom. The fraction of sp³-hybridized carbons (Fsp3) is 0.0435. The molecule has 2 aromatic carbocycles. The van der Waals surface area contributed by atoms with Crippen molar-refractivity contribution in [2.45, 2.75) is 6.92 Å². The van der Waals surface area contributed by atoms with Crippen LogP contribution in [0.1, 0.15) is 31.4 Å². The van der Waals surface area contributed by atoms with Crippen LogP contribution in [0, 0.1) is 6.92 Å². The molecule has 0 aliphatic rings. The van der Waals surface area contributed by atoms with Gasteiger partial charge in [0.05, 0.1) is 6.21 Å². The molecule has 0 radical (unpaired) electrons. The Bertz CT molecular complexity index is 1230. The molecule has 0 fully saturated rings. The molecular formula is C23H17N3O4S. The summed E-state index contributed by atoms with van der Waals surface area (Å²) in [6.45, 7) is 1.67. The van der Waals surface area contributed by atoms with Gasteiger partial charge < -0.3 is 9.26 Å². The van der Waals surface area contributed by atoms with Gasteiger partial charge in [0.25, 0.3) is 5.91 Å². The number of nitrogens with zero attached hydrogens (tertiary/aromatic N) is 2. The lowest BCUT2D eigenvalue weighted by molar-refractivity contribution is 0.0739. The Labute approximate surface area is 182 Å². The number of amides is 1. The second-order valence-electron chi connectivity index (χ2n) is 6.47. The van der Waals surface area contributed by atoms with Crippen molar-refractivity contribution in [1.29, 1.82) is 0 Å². The number of hydrogen-bond donors (Lipinski definition) is 1. The van der Waals surface area contributed by atoms with Crippen LogP contribution in [0.3, 0.4) is 0 Å². The highest BCUT2D eigenvalue weighted by atomic mass is 32.1. The summed E-state index contributed by atoms with van der Waals surface area (Å²) in [5.74, 6) is -0.0770. The Morgan fingerprint density at radius 1 is 1.10 bits per heavy atom. The van der Waals surface area contributed by atoms with Crippen LogP contribution in [0.25, 0.3) is 11.3 Å². The topological polar surface area (TPSA) is 93.8 Å². The van der Waals surface area contributed by atoms with Crippen molar-refractivity contribution in [3.63, 3.8) is 0 Å². The minimum atomic E-state index is -0.436. The fourth-order valence-corrected chi connectivity index (χ4v) is 3.46. The van der Waals surface area contributed by atoms with Crippen LogP contribution in [0.15, 0.2) is 81.7 Å². The summed E-state index contributed by atoms with van der Waals surface area (Å²) in [6, 6.07) is 19.6. The largest absolute Gasteiger partial charge is 0.422 e. The maximum Gasteiger partial charge on any atom is 0.353 e. The third-order valence-electron chi connectivity index (χ3n) is 4.31. The van der Waals surface area contributed by atoms with Crippen LogP contribution in [-0.4, -0.2) is 23.2 Å². The van der Waals surface area contributed by atoms with E-state index in [2.05, 4.69) is 15.7 Å². The average Bonchev–Trinajstić information content (AvgIpc) is 3.45. The van der Waals surface area contributed by atoms with E-state index in [9.17, 15) is 9.59 Å². The first-order valence-corrected chi connectivity index (χ1v) is 10.2. The standard InChI is InChI=1S/C23H17N3O4S/c1-15-20(21(26-30-15)17-8-3-2-4-9-17)22(27)25-24-14-16-7-5-10-18(13-16)29-23(28)19-11-6-12-31-19/h2-14H,1H3,(H,25,27)/b24-14-. The molecule has 4 aromatic rings. The molecule has 2 heterocycles. The summed E-state index contributed by atoms with van der Waals surface area (Å²) in [5.41, 5.74) is 4.69. The third-order valence-corrected chi connectivity index (χ3v) is 5.16. The highest BCUT2D eigenvalue weighted by molar-refractivity contribution is 7.12. The molecule has 1 amide bonds. The van der Waals surface area contributed by atoms with Gasteiger partial charge in [0.1, 0.15) is 27.6 Å². The lowest BCUT2D eigenvalue weighted by Gasteiger charge is -2.04. The zero-order chi connectivity index (χ0) is 21.6. The highest BCUT2D eigenvalue weighted by Gasteiger charge is 2.21. The number of hydrazone groups is 1. The molecule has 4 rings (SSSR count). The van der Waals surface area contributed by atoms with E-state index >= 15 is 0 Å². The monoisotopic (exact) mass is 431 g/mol. The van der Waals surface area contributed by atoms with E-state index in [1.165, 1.54) is 17.6 Å². The number of hydrogen-bond acceptors (Lipinski definition) is 7.